The van der Waals surface area contributed by atoms with Crippen LogP contribution in [0, 0.1) is 6.92 Å². The molecule has 0 N–H and O–H groups in total. The molecule has 0 saturated heterocycles. The van der Waals surface area contributed by atoms with Gasteiger partial charge in [-0.1, -0.05) is 72.8 Å². The first-order valence-electron chi connectivity index (χ1n) is 7.10. The minimum atomic E-state index is 0.378. The summed E-state index contributed by atoms with van der Waals surface area (Å²) in [6, 6.07) is 26.3. The number of hydrogen-bond acceptors (Lipinski definition) is 0. The molecule has 20 heavy (non-hydrogen) atoms. The molecule has 0 spiro atoms. The molecule has 0 radical (unpaired) electrons. The van der Waals surface area contributed by atoms with Crippen molar-refractivity contribution in [2.24, 2.45) is 0 Å². The summed E-state index contributed by atoms with van der Waals surface area (Å²) in [5.41, 5.74) is 8.42. The van der Waals surface area contributed by atoms with E-state index in [9.17, 15) is 0 Å². The molecule has 0 heterocycles. The van der Waals surface area contributed by atoms with Crippen LogP contribution < -0.4 is 0 Å². The van der Waals surface area contributed by atoms with E-state index in [0.29, 0.717) is 5.92 Å². The normalized spacial score (nSPS) is 13.1. The highest BCUT2D eigenvalue weighted by molar-refractivity contribution is 5.80. The summed E-state index contributed by atoms with van der Waals surface area (Å²) < 4.78 is 0. The van der Waals surface area contributed by atoms with E-state index in [1.54, 1.807) is 0 Å². The third-order valence-electron chi connectivity index (χ3n) is 4.33. The van der Waals surface area contributed by atoms with E-state index in [1.165, 1.54) is 33.4 Å². The molecule has 0 aromatic heterocycles. The predicted molar refractivity (Wildman–Crippen MR) is 84.0 cm³/mol. The second-order valence-corrected chi connectivity index (χ2v) is 5.46. The van der Waals surface area contributed by atoms with Crippen LogP contribution in [0.4, 0.5) is 0 Å². The standard InChI is InChI=1S/C20H16/c1-14-8-2-3-9-15(14)20-18-12-6-4-10-16(18)17-11-5-7-13-19(17)20/h2-13,20H,1H3. The van der Waals surface area contributed by atoms with Crippen molar-refractivity contribution < 1.29 is 0 Å². The van der Waals surface area contributed by atoms with E-state index in [4.69, 9.17) is 0 Å². The zero-order valence-electron chi connectivity index (χ0n) is 11.5. The summed E-state index contributed by atoms with van der Waals surface area (Å²) >= 11 is 0. The predicted octanol–water partition coefficient (Wildman–Crippen LogP) is 5.16. The van der Waals surface area contributed by atoms with Gasteiger partial charge in [0.2, 0.25) is 0 Å². The van der Waals surface area contributed by atoms with Crippen LogP contribution >= 0.6 is 0 Å². The molecule has 3 aromatic carbocycles. The summed E-state index contributed by atoms with van der Waals surface area (Å²) in [4.78, 5) is 0. The van der Waals surface area contributed by atoms with Gasteiger partial charge in [-0.2, -0.15) is 0 Å². The van der Waals surface area contributed by atoms with Crippen molar-refractivity contribution in [3.05, 3.63) is 95.1 Å². The van der Waals surface area contributed by atoms with Crippen molar-refractivity contribution in [3.63, 3.8) is 0 Å². The Balaban J connectivity index is 2.03. The van der Waals surface area contributed by atoms with Crippen molar-refractivity contribution in [1.29, 1.82) is 0 Å². The molecule has 0 amide bonds. The lowest BCUT2D eigenvalue weighted by Crippen LogP contribution is -2.01. The van der Waals surface area contributed by atoms with Gasteiger partial charge in [-0.15, -0.1) is 0 Å². The number of rotatable bonds is 1. The third kappa shape index (κ3) is 1.55. The van der Waals surface area contributed by atoms with E-state index in [1.807, 2.05) is 0 Å². The van der Waals surface area contributed by atoms with Crippen LogP contribution in [0.3, 0.4) is 0 Å². The average molecular weight is 256 g/mol. The molecule has 96 valence electrons. The van der Waals surface area contributed by atoms with Crippen molar-refractivity contribution in [1.82, 2.24) is 0 Å². The lowest BCUT2D eigenvalue weighted by atomic mass is 9.87. The second-order valence-electron chi connectivity index (χ2n) is 5.46. The van der Waals surface area contributed by atoms with Gasteiger partial charge in [0, 0.05) is 5.92 Å². The Morgan fingerprint density at radius 3 is 1.55 bits per heavy atom. The van der Waals surface area contributed by atoms with Crippen molar-refractivity contribution in [3.8, 4) is 11.1 Å². The zero-order chi connectivity index (χ0) is 13.5. The first kappa shape index (κ1) is 11.5. The van der Waals surface area contributed by atoms with E-state index in [-0.39, 0.29) is 0 Å². The molecule has 0 nitrogen and oxygen atoms in total. The molecule has 0 heteroatoms. The fourth-order valence-corrected chi connectivity index (χ4v) is 3.40. The Morgan fingerprint density at radius 1 is 0.550 bits per heavy atom. The molecule has 0 fully saturated rings. The Hall–Kier alpha value is -2.34. The van der Waals surface area contributed by atoms with Gasteiger partial charge in [-0.05, 0) is 40.3 Å². The minimum Gasteiger partial charge on any atom is -0.0620 e. The molecular weight excluding hydrogens is 240 g/mol. The smallest absolute Gasteiger partial charge is 0.0354 e. The summed E-state index contributed by atoms with van der Waals surface area (Å²) in [5, 5.41) is 0. The van der Waals surface area contributed by atoms with Gasteiger partial charge in [0.05, 0.1) is 0 Å². The Kier molecular flexibility index (Phi) is 2.50. The van der Waals surface area contributed by atoms with Gasteiger partial charge in [0.1, 0.15) is 0 Å². The van der Waals surface area contributed by atoms with Crippen LogP contribution in [0.5, 0.6) is 0 Å². The van der Waals surface area contributed by atoms with Crippen molar-refractivity contribution in [2.45, 2.75) is 12.8 Å². The largest absolute Gasteiger partial charge is 0.0620 e. The highest BCUT2D eigenvalue weighted by Gasteiger charge is 2.29. The fraction of sp³-hybridized carbons (Fsp3) is 0.100. The van der Waals surface area contributed by atoms with Gasteiger partial charge < -0.3 is 0 Å². The maximum atomic E-state index is 2.27. The molecule has 0 unspecified atom stereocenters. The van der Waals surface area contributed by atoms with Gasteiger partial charge >= 0.3 is 0 Å². The van der Waals surface area contributed by atoms with Gasteiger partial charge in [0.15, 0.2) is 0 Å². The average Bonchev–Trinajstić information content (AvgIpc) is 2.83. The molecule has 3 aromatic rings. The molecule has 4 rings (SSSR count). The van der Waals surface area contributed by atoms with Gasteiger partial charge in [0.25, 0.3) is 0 Å². The molecule has 0 atom stereocenters. The molecule has 1 aliphatic carbocycles. The maximum Gasteiger partial charge on any atom is 0.0354 e. The highest BCUT2D eigenvalue weighted by atomic mass is 14.3. The summed E-state index contributed by atoms with van der Waals surface area (Å²) in [6.45, 7) is 2.21. The van der Waals surface area contributed by atoms with Crippen LogP contribution in [0.25, 0.3) is 11.1 Å². The van der Waals surface area contributed by atoms with Crippen LogP contribution in [0.1, 0.15) is 28.2 Å². The van der Waals surface area contributed by atoms with E-state index in [2.05, 4.69) is 79.7 Å². The molecule has 0 saturated carbocycles. The van der Waals surface area contributed by atoms with Crippen LogP contribution in [-0.4, -0.2) is 0 Å². The zero-order valence-corrected chi connectivity index (χ0v) is 11.5. The van der Waals surface area contributed by atoms with E-state index < -0.39 is 0 Å². The monoisotopic (exact) mass is 256 g/mol. The topological polar surface area (TPSA) is 0 Å². The van der Waals surface area contributed by atoms with Crippen LogP contribution in [-0.2, 0) is 0 Å². The van der Waals surface area contributed by atoms with Crippen molar-refractivity contribution in [2.75, 3.05) is 0 Å². The Bertz CT molecular complexity index is 738. The third-order valence-corrected chi connectivity index (χ3v) is 4.33. The molecule has 1 aliphatic rings. The number of fused-ring (bicyclic) bond motifs is 3. The number of aryl methyl sites for hydroxylation is 1. The number of hydrogen-bond donors (Lipinski definition) is 0. The van der Waals surface area contributed by atoms with E-state index >= 15 is 0 Å². The molecular formula is C20H16. The Labute approximate surface area is 119 Å². The van der Waals surface area contributed by atoms with Crippen LogP contribution in [0.15, 0.2) is 72.8 Å². The van der Waals surface area contributed by atoms with Crippen molar-refractivity contribution >= 4 is 0 Å². The quantitative estimate of drug-likeness (QED) is 0.441. The fourth-order valence-electron chi connectivity index (χ4n) is 3.40. The van der Waals surface area contributed by atoms with Gasteiger partial charge in [-0.25, -0.2) is 0 Å². The lowest BCUT2D eigenvalue weighted by molar-refractivity contribution is 0.997. The van der Waals surface area contributed by atoms with Gasteiger partial charge in [-0.3, -0.25) is 0 Å². The van der Waals surface area contributed by atoms with Crippen LogP contribution in [0.2, 0.25) is 0 Å². The summed E-state index contributed by atoms with van der Waals surface area (Å²) in [6.07, 6.45) is 0. The number of benzene rings is 3. The van der Waals surface area contributed by atoms with E-state index in [0.717, 1.165) is 0 Å². The summed E-state index contributed by atoms with van der Waals surface area (Å²) in [7, 11) is 0. The first-order chi connectivity index (χ1) is 9.86. The highest BCUT2D eigenvalue weighted by Crippen LogP contribution is 2.48. The first-order valence-corrected chi connectivity index (χ1v) is 7.10. The molecule has 0 aliphatic heterocycles. The molecule has 0 bridgehead atoms. The lowest BCUT2D eigenvalue weighted by Gasteiger charge is -2.16. The second kappa shape index (κ2) is 4.35. The minimum absolute atomic E-state index is 0.378. The Morgan fingerprint density at radius 2 is 1.00 bits per heavy atom. The maximum absolute atomic E-state index is 2.27. The SMILES string of the molecule is Cc1ccccc1C1c2ccccc2-c2ccccc21. The summed E-state index contributed by atoms with van der Waals surface area (Å²) in [5.74, 6) is 0.378.